The van der Waals surface area contributed by atoms with Crippen LogP contribution in [0.1, 0.15) is 32.8 Å². The second kappa shape index (κ2) is 6.72. The highest BCUT2D eigenvalue weighted by atomic mass is 16.5. The third-order valence-electron chi connectivity index (χ3n) is 5.96. The van der Waals surface area contributed by atoms with E-state index in [1.54, 1.807) is 6.08 Å². The minimum Gasteiger partial charge on any atom is -0.376 e. The lowest BCUT2D eigenvalue weighted by molar-refractivity contribution is -0.146. The average molecular weight is 338 g/mol. The third-order valence-corrected chi connectivity index (χ3v) is 5.96. The number of hydrogen-bond donors (Lipinski definition) is 0. The van der Waals surface area contributed by atoms with Crippen LogP contribution in [-0.4, -0.2) is 18.7 Å². The van der Waals surface area contributed by atoms with Gasteiger partial charge in [-0.25, -0.2) is 0 Å². The third kappa shape index (κ3) is 3.02. The molecule has 0 spiro atoms. The second-order valence-corrected chi connectivity index (χ2v) is 7.86. The van der Waals surface area contributed by atoms with Crippen molar-refractivity contribution in [2.45, 2.75) is 33.8 Å². The van der Waals surface area contributed by atoms with Gasteiger partial charge < -0.3 is 9.53 Å². The number of hydrogen-bond acceptors (Lipinski definition) is 3. The summed E-state index contributed by atoms with van der Waals surface area (Å²) < 4.78 is 5.95. The van der Waals surface area contributed by atoms with Gasteiger partial charge in [0.15, 0.2) is 5.78 Å². The van der Waals surface area contributed by atoms with Crippen molar-refractivity contribution in [2.24, 2.45) is 22.7 Å². The zero-order valence-corrected chi connectivity index (χ0v) is 15.2. The van der Waals surface area contributed by atoms with Crippen LogP contribution in [0.2, 0.25) is 0 Å². The van der Waals surface area contributed by atoms with Crippen molar-refractivity contribution in [3.8, 4) is 0 Å². The van der Waals surface area contributed by atoms with Crippen LogP contribution in [0.15, 0.2) is 54.1 Å². The fourth-order valence-corrected chi connectivity index (χ4v) is 4.43. The molecule has 0 fully saturated rings. The molecule has 0 heterocycles. The molecule has 0 saturated carbocycles. The summed E-state index contributed by atoms with van der Waals surface area (Å²) in [5.41, 5.74) is 0.972. The maximum atomic E-state index is 12.9. The number of aldehydes is 1. The molecule has 3 nitrogen and oxygen atoms in total. The number of ether oxygens (including phenoxy) is 1. The van der Waals surface area contributed by atoms with Crippen LogP contribution in [-0.2, 0) is 20.9 Å². The first-order valence-electron chi connectivity index (χ1n) is 8.90. The van der Waals surface area contributed by atoms with Crippen LogP contribution >= 0.6 is 0 Å². The molecule has 0 saturated heterocycles. The zero-order chi connectivity index (χ0) is 18.1. The smallest absolute Gasteiger partial charge is 0.169 e. The number of ketones is 1. The number of carbonyl (C=O) groups excluding carboxylic acids is 2. The number of rotatable bonds is 5. The molecule has 3 atom stereocenters. The van der Waals surface area contributed by atoms with Crippen molar-refractivity contribution >= 4 is 12.1 Å². The molecule has 0 bridgehead atoms. The SMILES string of the molecule is CC1=CC[C@H]2C(C)(C)C=CC(=O)[C@@]2(C=O)[C@H]1COCc1ccccc1. The molecule has 25 heavy (non-hydrogen) atoms. The summed E-state index contributed by atoms with van der Waals surface area (Å²) in [7, 11) is 0. The van der Waals surface area contributed by atoms with Crippen molar-refractivity contribution in [3.63, 3.8) is 0 Å². The Morgan fingerprint density at radius 3 is 2.64 bits per heavy atom. The maximum absolute atomic E-state index is 12.9. The van der Waals surface area contributed by atoms with Gasteiger partial charge in [-0.3, -0.25) is 4.79 Å². The normalized spacial score (nSPS) is 30.5. The Morgan fingerprint density at radius 2 is 1.96 bits per heavy atom. The predicted octanol–water partition coefficient (Wildman–Crippen LogP) is 4.14. The molecule has 132 valence electrons. The fraction of sp³-hybridized carbons (Fsp3) is 0.455. The highest BCUT2D eigenvalue weighted by Gasteiger charge is 2.58. The molecule has 2 aliphatic carbocycles. The molecule has 1 aromatic carbocycles. The average Bonchev–Trinajstić information content (AvgIpc) is 2.61. The van der Waals surface area contributed by atoms with Gasteiger partial charge in [0.1, 0.15) is 11.7 Å². The zero-order valence-electron chi connectivity index (χ0n) is 15.2. The van der Waals surface area contributed by atoms with Crippen molar-refractivity contribution in [3.05, 3.63) is 59.7 Å². The first-order chi connectivity index (χ1) is 11.9. The summed E-state index contributed by atoms with van der Waals surface area (Å²) in [5, 5.41) is 0. The summed E-state index contributed by atoms with van der Waals surface area (Å²) in [6, 6.07) is 9.95. The van der Waals surface area contributed by atoms with Crippen molar-refractivity contribution < 1.29 is 14.3 Å². The molecule has 0 aliphatic heterocycles. The Balaban J connectivity index is 1.86. The standard InChI is InChI=1S/C22H26O3/c1-16-9-10-19-21(2,3)12-11-20(24)22(19,15-23)18(16)14-25-13-17-7-5-4-6-8-17/h4-9,11-12,15,18-19H,10,13-14H2,1-3H3/t18-,19-,22-/m0/s1. The van der Waals surface area contributed by atoms with Crippen LogP contribution in [0.3, 0.4) is 0 Å². The monoisotopic (exact) mass is 338 g/mol. The van der Waals surface area contributed by atoms with Gasteiger partial charge in [-0.1, -0.05) is 61.9 Å². The summed E-state index contributed by atoms with van der Waals surface area (Å²) >= 11 is 0. The van der Waals surface area contributed by atoms with Crippen LogP contribution in [0.25, 0.3) is 0 Å². The molecule has 0 radical (unpaired) electrons. The van der Waals surface area contributed by atoms with E-state index in [9.17, 15) is 9.59 Å². The Bertz CT molecular complexity index is 714. The van der Waals surface area contributed by atoms with Crippen LogP contribution in [0.4, 0.5) is 0 Å². The molecule has 1 aromatic rings. The predicted molar refractivity (Wildman–Crippen MR) is 97.9 cm³/mol. The molecule has 2 aliphatic rings. The van der Waals surface area contributed by atoms with E-state index in [1.807, 2.05) is 43.3 Å². The van der Waals surface area contributed by atoms with Gasteiger partial charge in [-0.05, 0) is 36.3 Å². The molecule has 0 unspecified atom stereocenters. The van der Waals surface area contributed by atoms with Gasteiger partial charge >= 0.3 is 0 Å². The Labute approximate surface area is 149 Å². The maximum Gasteiger partial charge on any atom is 0.169 e. The number of fused-ring (bicyclic) bond motifs is 1. The largest absolute Gasteiger partial charge is 0.376 e. The van der Waals surface area contributed by atoms with Gasteiger partial charge in [-0.2, -0.15) is 0 Å². The molecular formula is C22H26O3. The van der Waals surface area contributed by atoms with Gasteiger partial charge in [0.05, 0.1) is 13.2 Å². The lowest BCUT2D eigenvalue weighted by Crippen LogP contribution is -2.55. The van der Waals surface area contributed by atoms with E-state index >= 15 is 0 Å². The van der Waals surface area contributed by atoms with E-state index in [0.717, 1.165) is 23.8 Å². The van der Waals surface area contributed by atoms with E-state index in [1.165, 1.54) is 0 Å². The van der Waals surface area contributed by atoms with Crippen molar-refractivity contribution in [1.82, 2.24) is 0 Å². The quantitative estimate of drug-likeness (QED) is 0.460. The van der Waals surface area contributed by atoms with E-state index in [0.29, 0.717) is 13.2 Å². The lowest BCUT2D eigenvalue weighted by Gasteiger charge is -2.51. The topological polar surface area (TPSA) is 43.4 Å². The van der Waals surface area contributed by atoms with Crippen LogP contribution in [0, 0.1) is 22.7 Å². The number of benzene rings is 1. The highest BCUT2D eigenvalue weighted by molar-refractivity contribution is 6.07. The van der Waals surface area contributed by atoms with Gasteiger partial charge in [0, 0.05) is 5.92 Å². The molecular weight excluding hydrogens is 312 g/mol. The number of allylic oxidation sites excluding steroid dienone is 3. The summed E-state index contributed by atoms with van der Waals surface area (Å²) in [6.45, 7) is 7.08. The lowest BCUT2D eigenvalue weighted by atomic mass is 9.50. The van der Waals surface area contributed by atoms with E-state index < -0.39 is 5.41 Å². The summed E-state index contributed by atoms with van der Waals surface area (Å²) in [6.07, 6.45) is 7.39. The Kier molecular flexibility index (Phi) is 4.79. The second-order valence-electron chi connectivity index (χ2n) is 7.86. The Morgan fingerprint density at radius 1 is 1.24 bits per heavy atom. The fourth-order valence-electron chi connectivity index (χ4n) is 4.43. The van der Waals surface area contributed by atoms with E-state index in [4.69, 9.17) is 4.74 Å². The van der Waals surface area contributed by atoms with Crippen molar-refractivity contribution in [1.29, 1.82) is 0 Å². The van der Waals surface area contributed by atoms with Gasteiger partial charge in [0.2, 0.25) is 0 Å². The van der Waals surface area contributed by atoms with Gasteiger partial charge in [-0.15, -0.1) is 0 Å². The summed E-state index contributed by atoms with van der Waals surface area (Å²) in [5.74, 6) is -0.305. The number of carbonyl (C=O) groups is 2. The van der Waals surface area contributed by atoms with E-state index in [2.05, 4.69) is 19.9 Å². The highest BCUT2D eigenvalue weighted by Crippen LogP contribution is 2.55. The molecule has 3 heteroatoms. The van der Waals surface area contributed by atoms with Crippen molar-refractivity contribution in [2.75, 3.05) is 6.61 Å². The van der Waals surface area contributed by atoms with Crippen LogP contribution in [0.5, 0.6) is 0 Å². The van der Waals surface area contributed by atoms with E-state index in [-0.39, 0.29) is 23.0 Å². The minimum absolute atomic E-state index is 0.0241. The molecule has 0 N–H and O–H groups in total. The first kappa shape index (κ1) is 17.8. The minimum atomic E-state index is -1.01. The first-order valence-corrected chi connectivity index (χ1v) is 8.90. The van der Waals surface area contributed by atoms with Gasteiger partial charge in [0.25, 0.3) is 0 Å². The Hall–Kier alpha value is -2.00. The summed E-state index contributed by atoms with van der Waals surface area (Å²) in [4.78, 5) is 25.1. The molecule has 3 rings (SSSR count). The van der Waals surface area contributed by atoms with Crippen LogP contribution < -0.4 is 0 Å². The molecule has 0 amide bonds. The molecule has 0 aromatic heterocycles.